The van der Waals surface area contributed by atoms with Gasteiger partial charge < -0.3 is 19.1 Å². The lowest BCUT2D eigenvalue weighted by atomic mass is 10.2. The molecule has 0 aliphatic heterocycles. The van der Waals surface area contributed by atoms with E-state index in [2.05, 4.69) is 0 Å². The van der Waals surface area contributed by atoms with Crippen molar-refractivity contribution < 1.29 is 19.0 Å². The fraction of sp³-hybridized carbons (Fsp3) is 0.471. The van der Waals surface area contributed by atoms with Crippen LogP contribution in [0.3, 0.4) is 0 Å². The molecule has 0 atom stereocenters. The molecule has 0 radical (unpaired) electrons. The third-order valence-corrected chi connectivity index (χ3v) is 3.12. The molecule has 0 N–H and O–H groups in total. The van der Waals surface area contributed by atoms with Crippen LogP contribution in [0.4, 0.5) is 0 Å². The van der Waals surface area contributed by atoms with Gasteiger partial charge in [-0.3, -0.25) is 4.79 Å². The quantitative estimate of drug-likeness (QED) is 0.520. The number of nitrogens with zero attached hydrogens (tertiary/aromatic N) is 1. The lowest BCUT2D eigenvalue weighted by Gasteiger charge is -2.14. The third-order valence-electron chi connectivity index (χ3n) is 3.12. The molecule has 0 aliphatic carbocycles. The highest BCUT2D eigenvalue weighted by Crippen LogP contribution is 2.28. The van der Waals surface area contributed by atoms with Gasteiger partial charge in [0.1, 0.15) is 0 Å². The van der Waals surface area contributed by atoms with Crippen LogP contribution in [0.25, 0.3) is 6.08 Å². The maximum absolute atomic E-state index is 12.0. The van der Waals surface area contributed by atoms with Gasteiger partial charge in [0, 0.05) is 33.4 Å². The van der Waals surface area contributed by atoms with Crippen molar-refractivity contribution in [3.05, 3.63) is 29.8 Å². The normalized spacial score (nSPS) is 10.7. The van der Waals surface area contributed by atoms with Gasteiger partial charge in [0.2, 0.25) is 5.91 Å². The number of amides is 1. The number of hydrogen-bond donors (Lipinski definition) is 0. The van der Waals surface area contributed by atoms with E-state index in [0.29, 0.717) is 31.3 Å². The van der Waals surface area contributed by atoms with E-state index in [1.807, 2.05) is 25.1 Å². The van der Waals surface area contributed by atoms with Crippen molar-refractivity contribution in [2.45, 2.75) is 13.3 Å². The monoisotopic (exact) mass is 307 g/mol. The first kappa shape index (κ1) is 18.0. The predicted octanol–water partition coefficient (Wildman–Crippen LogP) is 2.60. The summed E-state index contributed by atoms with van der Waals surface area (Å²) in [4.78, 5) is 13.6. The second kappa shape index (κ2) is 9.84. The van der Waals surface area contributed by atoms with Gasteiger partial charge in [-0.1, -0.05) is 6.07 Å². The fourth-order valence-electron chi connectivity index (χ4n) is 1.91. The second-order valence-corrected chi connectivity index (χ2v) is 4.78. The minimum atomic E-state index is -0.0380. The van der Waals surface area contributed by atoms with Crippen molar-refractivity contribution in [3.8, 4) is 11.5 Å². The van der Waals surface area contributed by atoms with Crippen LogP contribution in [0.15, 0.2) is 24.3 Å². The minimum Gasteiger partial charge on any atom is -0.493 e. The molecule has 0 heterocycles. The van der Waals surface area contributed by atoms with E-state index in [-0.39, 0.29) is 5.91 Å². The van der Waals surface area contributed by atoms with Crippen molar-refractivity contribution in [1.29, 1.82) is 0 Å². The Hall–Kier alpha value is -2.01. The molecule has 5 nitrogen and oxygen atoms in total. The number of rotatable bonds is 9. The molecule has 122 valence electrons. The van der Waals surface area contributed by atoms with Crippen molar-refractivity contribution in [1.82, 2.24) is 4.90 Å². The summed E-state index contributed by atoms with van der Waals surface area (Å²) < 4.78 is 15.7. The zero-order valence-electron chi connectivity index (χ0n) is 13.8. The van der Waals surface area contributed by atoms with Gasteiger partial charge in [0.15, 0.2) is 11.5 Å². The predicted molar refractivity (Wildman–Crippen MR) is 87.3 cm³/mol. The Morgan fingerprint density at radius 1 is 1.27 bits per heavy atom. The number of methoxy groups -OCH3 is 2. The van der Waals surface area contributed by atoms with Gasteiger partial charge in [0.25, 0.3) is 0 Å². The molecule has 22 heavy (non-hydrogen) atoms. The first-order chi connectivity index (χ1) is 10.6. The van der Waals surface area contributed by atoms with Gasteiger partial charge >= 0.3 is 0 Å². The van der Waals surface area contributed by atoms with Crippen LogP contribution in [0, 0.1) is 0 Å². The Morgan fingerprint density at radius 3 is 2.68 bits per heavy atom. The minimum absolute atomic E-state index is 0.0380. The molecule has 1 rings (SSSR count). The van der Waals surface area contributed by atoms with Gasteiger partial charge in [-0.2, -0.15) is 0 Å². The smallest absolute Gasteiger partial charge is 0.246 e. The number of carbonyl (C=O) groups is 1. The molecule has 1 aromatic rings. The molecular weight excluding hydrogens is 282 g/mol. The number of carbonyl (C=O) groups excluding carboxylic acids is 1. The van der Waals surface area contributed by atoms with Gasteiger partial charge in [-0.25, -0.2) is 0 Å². The lowest BCUT2D eigenvalue weighted by molar-refractivity contribution is -0.124. The largest absolute Gasteiger partial charge is 0.493 e. The highest BCUT2D eigenvalue weighted by Gasteiger charge is 2.06. The zero-order chi connectivity index (χ0) is 16.4. The summed E-state index contributed by atoms with van der Waals surface area (Å²) in [6.45, 7) is 3.82. The van der Waals surface area contributed by atoms with Crippen molar-refractivity contribution in [2.75, 3.05) is 41.0 Å². The zero-order valence-corrected chi connectivity index (χ0v) is 13.8. The maximum Gasteiger partial charge on any atom is 0.246 e. The van der Waals surface area contributed by atoms with E-state index >= 15 is 0 Å². The molecule has 1 amide bonds. The Bertz CT molecular complexity index is 499. The fourth-order valence-corrected chi connectivity index (χ4v) is 1.91. The third kappa shape index (κ3) is 5.77. The van der Waals surface area contributed by atoms with E-state index in [0.717, 1.165) is 12.0 Å². The van der Waals surface area contributed by atoms with Crippen molar-refractivity contribution in [2.24, 2.45) is 0 Å². The molecule has 5 heteroatoms. The van der Waals surface area contributed by atoms with Crippen LogP contribution in [0.5, 0.6) is 11.5 Å². The molecule has 0 bridgehead atoms. The average molecular weight is 307 g/mol. The molecule has 0 unspecified atom stereocenters. The van der Waals surface area contributed by atoms with Crippen LogP contribution in [0.2, 0.25) is 0 Å². The molecule has 0 fully saturated rings. The maximum atomic E-state index is 12.0. The van der Waals surface area contributed by atoms with E-state index in [1.54, 1.807) is 38.3 Å². The standard InChI is InChI=1S/C17H25NO4/c1-5-22-15-9-7-14(13-16(15)21-4)8-10-17(19)18(2)11-6-12-20-3/h7-10,13H,5-6,11-12H2,1-4H3/b10-8+. The summed E-state index contributed by atoms with van der Waals surface area (Å²) in [7, 11) is 5.03. The molecule has 0 aliphatic rings. The summed E-state index contributed by atoms with van der Waals surface area (Å²) in [5, 5.41) is 0. The number of likely N-dealkylation sites (N-methyl/N-ethyl adjacent to an activating group) is 1. The highest BCUT2D eigenvalue weighted by atomic mass is 16.5. The number of benzene rings is 1. The summed E-state index contributed by atoms with van der Waals surface area (Å²) >= 11 is 0. The van der Waals surface area contributed by atoms with E-state index in [4.69, 9.17) is 14.2 Å². The van der Waals surface area contributed by atoms with E-state index in [9.17, 15) is 4.79 Å². The average Bonchev–Trinajstić information content (AvgIpc) is 2.53. The SMILES string of the molecule is CCOc1ccc(/C=C/C(=O)N(C)CCCOC)cc1OC. The van der Waals surface area contributed by atoms with Crippen LogP contribution in [0.1, 0.15) is 18.9 Å². The van der Waals surface area contributed by atoms with Crippen molar-refractivity contribution in [3.63, 3.8) is 0 Å². The molecule has 1 aromatic carbocycles. The van der Waals surface area contributed by atoms with Crippen LogP contribution in [-0.2, 0) is 9.53 Å². The van der Waals surface area contributed by atoms with Crippen LogP contribution < -0.4 is 9.47 Å². The van der Waals surface area contributed by atoms with Crippen molar-refractivity contribution >= 4 is 12.0 Å². The van der Waals surface area contributed by atoms with E-state index in [1.165, 1.54) is 0 Å². The molecule has 0 saturated carbocycles. The summed E-state index contributed by atoms with van der Waals surface area (Å²) in [6.07, 6.45) is 4.15. The summed E-state index contributed by atoms with van der Waals surface area (Å²) in [5.41, 5.74) is 0.888. The highest BCUT2D eigenvalue weighted by molar-refractivity contribution is 5.91. The van der Waals surface area contributed by atoms with Gasteiger partial charge in [0.05, 0.1) is 13.7 Å². The summed E-state index contributed by atoms with van der Waals surface area (Å²) in [6, 6.07) is 5.58. The van der Waals surface area contributed by atoms with Gasteiger partial charge in [-0.15, -0.1) is 0 Å². The second-order valence-electron chi connectivity index (χ2n) is 4.78. The molecular formula is C17H25NO4. The van der Waals surface area contributed by atoms with E-state index < -0.39 is 0 Å². The number of hydrogen-bond acceptors (Lipinski definition) is 4. The Kier molecular flexibility index (Phi) is 8.07. The molecule has 0 aromatic heterocycles. The first-order valence-corrected chi connectivity index (χ1v) is 7.35. The van der Waals surface area contributed by atoms with Crippen LogP contribution >= 0.6 is 0 Å². The first-order valence-electron chi connectivity index (χ1n) is 7.35. The number of ether oxygens (including phenoxy) is 3. The Morgan fingerprint density at radius 2 is 2.05 bits per heavy atom. The molecule has 0 spiro atoms. The van der Waals surface area contributed by atoms with Gasteiger partial charge in [-0.05, 0) is 37.1 Å². The Balaban J connectivity index is 2.67. The topological polar surface area (TPSA) is 48.0 Å². The Labute approximate surface area is 132 Å². The van der Waals surface area contributed by atoms with Crippen LogP contribution in [-0.4, -0.2) is 51.8 Å². The summed E-state index contributed by atoms with van der Waals surface area (Å²) in [5.74, 6) is 1.32. The molecule has 0 saturated heterocycles. The lowest BCUT2D eigenvalue weighted by Crippen LogP contribution is -2.26.